The van der Waals surface area contributed by atoms with E-state index in [-0.39, 0.29) is 30.6 Å². The predicted molar refractivity (Wildman–Crippen MR) is 116 cm³/mol. The molecule has 0 aliphatic heterocycles. The molecule has 0 saturated carbocycles. The van der Waals surface area contributed by atoms with E-state index in [4.69, 9.17) is 4.74 Å². The van der Waals surface area contributed by atoms with Crippen LogP contribution in [0.2, 0.25) is 0 Å². The van der Waals surface area contributed by atoms with E-state index in [0.717, 1.165) is 18.6 Å². The molecule has 5 nitrogen and oxygen atoms in total. The van der Waals surface area contributed by atoms with E-state index in [1.807, 2.05) is 37.3 Å². The van der Waals surface area contributed by atoms with Gasteiger partial charge in [0.1, 0.15) is 17.6 Å². The van der Waals surface area contributed by atoms with Gasteiger partial charge in [0.05, 0.1) is 6.61 Å². The molecule has 2 aromatic rings. The van der Waals surface area contributed by atoms with Crippen molar-refractivity contribution in [2.75, 3.05) is 13.2 Å². The third-order valence-corrected chi connectivity index (χ3v) is 4.84. The average molecular weight is 415 g/mol. The fourth-order valence-corrected chi connectivity index (χ4v) is 3.00. The van der Waals surface area contributed by atoms with E-state index < -0.39 is 6.04 Å². The minimum atomic E-state index is -0.691. The van der Waals surface area contributed by atoms with E-state index in [2.05, 4.69) is 5.32 Å². The summed E-state index contributed by atoms with van der Waals surface area (Å²) in [5.74, 6) is -0.0696. The number of benzene rings is 2. The second-order valence-electron chi connectivity index (χ2n) is 7.20. The van der Waals surface area contributed by atoms with Gasteiger partial charge in [-0.1, -0.05) is 49.7 Å². The molecule has 1 atom stereocenters. The second-order valence-corrected chi connectivity index (χ2v) is 7.20. The van der Waals surface area contributed by atoms with Gasteiger partial charge in [0.25, 0.3) is 0 Å². The van der Waals surface area contributed by atoms with Gasteiger partial charge in [-0.25, -0.2) is 4.39 Å². The number of hydrogen-bond donors (Lipinski definition) is 1. The molecule has 0 aliphatic rings. The number of carbonyl (C=O) groups excluding carboxylic acids is 2. The zero-order valence-electron chi connectivity index (χ0n) is 17.8. The molecule has 0 aromatic heterocycles. The van der Waals surface area contributed by atoms with E-state index in [0.29, 0.717) is 25.1 Å². The van der Waals surface area contributed by atoms with Crippen LogP contribution in [0.4, 0.5) is 4.39 Å². The minimum absolute atomic E-state index is 0.0490. The van der Waals surface area contributed by atoms with E-state index in [9.17, 15) is 14.0 Å². The molecule has 1 unspecified atom stereocenters. The number of nitrogens with zero attached hydrogens (tertiary/aromatic N) is 1. The smallest absolute Gasteiger partial charge is 0.242 e. The van der Waals surface area contributed by atoms with Crippen molar-refractivity contribution < 1.29 is 18.7 Å². The van der Waals surface area contributed by atoms with Crippen LogP contribution in [0.3, 0.4) is 0 Å². The van der Waals surface area contributed by atoms with Crippen LogP contribution in [-0.4, -0.2) is 35.9 Å². The van der Waals surface area contributed by atoms with Crippen molar-refractivity contribution in [1.29, 1.82) is 0 Å². The van der Waals surface area contributed by atoms with Crippen LogP contribution < -0.4 is 10.1 Å². The summed E-state index contributed by atoms with van der Waals surface area (Å²) in [5, 5.41) is 2.86. The number of nitrogens with one attached hydrogen (secondary N) is 1. The van der Waals surface area contributed by atoms with Crippen molar-refractivity contribution in [3.8, 4) is 5.75 Å². The Morgan fingerprint density at radius 2 is 1.77 bits per heavy atom. The fourth-order valence-electron chi connectivity index (χ4n) is 3.00. The minimum Gasteiger partial charge on any atom is -0.494 e. The molecule has 0 saturated heterocycles. The quantitative estimate of drug-likeness (QED) is 0.526. The van der Waals surface area contributed by atoms with E-state index in [1.54, 1.807) is 25.1 Å². The highest BCUT2D eigenvalue weighted by Gasteiger charge is 2.26. The molecule has 6 heteroatoms. The monoisotopic (exact) mass is 414 g/mol. The highest BCUT2D eigenvalue weighted by Crippen LogP contribution is 2.15. The van der Waals surface area contributed by atoms with Gasteiger partial charge in [-0.15, -0.1) is 0 Å². The summed E-state index contributed by atoms with van der Waals surface area (Å²) in [7, 11) is 0. The van der Waals surface area contributed by atoms with E-state index >= 15 is 0 Å². The number of carbonyl (C=O) groups is 2. The van der Waals surface area contributed by atoms with Gasteiger partial charge >= 0.3 is 0 Å². The second kappa shape index (κ2) is 12.6. The number of rotatable bonds is 12. The average Bonchev–Trinajstić information content (AvgIpc) is 2.76. The lowest BCUT2D eigenvalue weighted by atomic mass is 10.1. The Balaban J connectivity index is 1.98. The van der Waals surface area contributed by atoms with Crippen molar-refractivity contribution in [3.05, 3.63) is 66.0 Å². The standard InChI is InChI=1S/C24H31FN2O3/c1-3-4-16-26-24(29)19(2)27(18-20-11-8-9-14-22(20)25)23(28)15-10-17-30-21-12-6-5-7-13-21/h5-9,11-14,19H,3-4,10,15-18H2,1-2H3,(H,26,29). The molecule has 0 spiro atoms. The van der Waals surface area contributed by atoms with Gasteiger partial charge in [0, 0.05) is 25.1 Å². The molecule has 162 valence electrons. The molecule has 1 N–H and O–H groups in total. The van der Waals surface area contributed by atoms with Crippen molar-refractivity contribution >= 4 is 11.8 Å². The lowest BCUT2D eigenvalue weighted by Crippen LogP contribution is -2.47. The SMILES string of the molecule is CCCCNC(=O)C(C)N(Cc1ccccc1F)C(=O)CCCOc1ccccc1. The van der Waals surface area contributed by atoms with Crippen LogP contribution in [0.25, 0.3) is 0 Å². The Bertz CT molecular complexity index is 798. The molecular weight excluding hydrogens is 383 g/mol. The van der Waals surface area contributed by atoms with Crippen molar-refractivity contribution in [2.24, 2.45) is 0 Å². The van der Waals surface area contributed by atoms with Crippen molar-refractivity contribution in [3.63, 3.8) is 0 Å². The summed E-state index contributed by atoms with van der Waals surface area (Å²) >= 11 is 0. The first-order valence-corrected chi connectivity index (χ1v) is 10.5. The van der Waals surface area contributed by atoms with Crippen LogP contribution in [-0.2, 0) is 16.1 Å². The molecule has 0 heterocycles. The first kappa shape index (κ1) is 23.4. The molecule has 30 heavy (non-hydrogen) atoms. The number of amides is 2. The number of ether oxygens (including phenoxy) is 1. The van der Waals surface area contributed by atoms with Crippen LogP contribution in [0, 0.1) is 5.82 Å². The molecule has 2 aromatic carbocycles. The van der Waals surface area contributed by atoms with Crippen LogP contribution >= 0.6 is 0 Å². The van der Waals surface area contributed by atoms with Crippen molar-refractivity contribution in [1.82, 2.24) is 10.2 Å². The van der Waals surface area contributed by atoms with Crippen LogP contribution in [0.5, 0.6) is 5.75 Å². The number of unbranched alkanes of at least 4 members (excludes halogenated alkanes) is 1. The summed E-state index contributed by atoms with van der Waals surface area (Å²) in [5.41, 5.74) is 0.389. The molecule has 0 aliphatic carbocycles. The number of hydrogen-bond acceptors (Lipinski definition) is 3. The summed E-state index contributed by atoms with van der Waals surface area (Å²) in [4.78, 5) is 26.9. The Morgan fingerprint density at radius 3 is 2.47 bits per heavy atom. The van der Waals surface area contributed by atoms with Gasteiger partial charge in [-0.2, -0.15) is 0 Å². The Morgan fingerprint density at radius 1 is 1.07 bits per heavy atom. The number of halogens is 1. The maximum absolute atomic E-state index is 14.2. The molecule has 0 fully saturated rings. The van der Waals surface area contributed by atoms with Crippen LogP contribution in [0.15, 0.2) is 54.6 Å². The molecule has 0 bridgehead atoms. The van der Waals surface area contributed by atoms with E-state index in [1.165, 1.54) is 11.0 Å². The largest absolute Gasteiger partial charge is 0.494 e. The molecule has 2 amide bonds. The zero-order valence-corrected chi connectivity index (χ0v) is 17.8. The summed E-state index contributed by atoms with van der Waals surface area (Å²) < 4.78 is 19.8. The maximum Gasteiger partial charge on any atom is 0.242 e. The summed E-state index contributed by atoms with van der Waals surface area (Å²) in [6.07, 6.45) is 2.56. The summed E-state index contributed by atoms with van der Waals surface area (Å²) in [6, 6.07) is 15.0. The zero-order chi connectivity index (χ0) is 21.8. The molecule has 0 radical (unpaired) electrons. The highest BCUT2D eigenvalue weighted by atomic mass is 19.1. The van der Waals surface area contributed by atoms with Gasteiger partial charge in [0.2, 0.25) is 11.8 Å². The highest BCUT2D eigenvalue weighted by molar-refractivity contribution is 5.87. The Hall–Kier alpha value is -2.89. The molecular formula is C24H31FN2O3. The third kappa shape index (κ3) is 7.50. The maximum atomic E-state index is 14.2. The van der Waals surface area contributed by atoms with Crippen LogP contribution in [0.1, 0.15) is 45.1 Å². The number of para-hydroxylation sites is 1. The summed E-state index contributed by atoms with van der Waals surface area (Å²) in [6.45, 7) is 4.72. The van der Waals surface area contributed by atoms with Gasteiger partial charge < -0.3 is 15.0 Å². The fraction of sp³-hybridized carbons (Fsp3) is 0.417. The Labute approximate surface area is 178 Å². The first-order valence-electron chi connectivity index (χ1n) is 10.5. The van der Waals surface area contributed by atoms with Gasteiger partial charge in [-0.05, 0) is 38.0 Å². The van der Waals surface area contributed by atoms with Gasteiger partial charge in [0.15, 0.2) is 0 Å². The molecule has 2 rings (SSSR count). The third-order valence-electron chi connectivity index (χ3n) is 4.84. The van der Waals surface area contributed by atoms with Crippen molar-refractivity contribution in [2.45, 2.75) is 52.1 Å². The lowest BCUT2D eigenvalue weighted by Gasteiger charge is -2.29. The predicted octanol–water partition coefficient (Wildman–Crippen LogP) is 4.32. The topological polar surface area (TPSA) is 58.6 Å². The lowest BCUT2D eigenvalue weighted by molar-refractivity contribution is -0.140. The Kier molecular flexibility index (Phi) is 9.84. The normalized spacial score (nSPS) is 11.6. The van der Waals surface area contributed by atoms with Gasteiger partial charge in [-0.3, -0.25) is 9.59 Å². The first-order chi connectivity index (χ1) is 14.5.